The second-order valence-corrected chi connectivity index (χ2v) is 6.60. The first-order valence-electron chi connectivity index (χ1n) is 7.08. The third-order valence-corrected chi connectivity index (χ3v) is 3.76. The van der Waals surface area contributed by atoms with Gasteiger partial charge < -0.3 is 5.32 Å². The summed E-state index contributed by atoms with van der Waals surface area (Å²) < 4.78 is 0. The van der Waals surface area contributed by atoms with Crippen LogP contribution < -0.4 is 5.32 Å². The van der Waals surface area contributed by atoms with Crippen molar-refractivity contribution in [3.8, 4) is 0 Å². The van der Waals surface area contributed by atoms with Crippen molar-refractivity contribution in [1.82, 2.24) is 30.4 Å². The van der Waals surface area contributed by atoms with E-state index in [0.29, 0.717) is 6.04 Å². The van der Waals surface area contributed by atoms with E-state index < -0.39 is 0 Å². The zero-order valence-corrected chi connectivity index (χ0v) is 12.7. The molecular formula is C13H26N6. The molecule has 1 N–H and O–H groups in total. The molecule has 1 aromatic rings. The van der Waals surface area contributed by atoms with Crippen molar-refractivity contribution in [3.05, 3.63) is 5.82 Å². The van der Waals surface area contributed by atoms with Gasteiger partial charge in [-0.3, -0.25) is 4.90 Å². The van der Waals surface area contributed by atoms with Gasteiger partial charge in [0.2, 0.25) is 0 Å². The summed E-state index contributed by atoms with van der Waals surface area (Å²) in [6.45, 7) is 11.9. The van der Waals surface area contributed by atoms with Crippen LogP contribution in [0.15, 0.2) is 0 Å². The molecule has 0 radical (unpaired) electrons. The summed E-state index contributed by atoms with van der Waals surface area (Å²) in [5.74, 6) is 1.52. The van der Waals surface area contributed by atoms with Crippen LogP contribution in [0.3, 0.4) is 0 Å². The van der Waals surface area contributed by atoms with Gasteiger partial charge in [0.05, 0.1) is 13.6 Å². The second kappa shape index (κ2) is 5.54. The SMILES string of the molecule is CC(C)CC1CN(Cc2nnn(C)n2)C(C)(C)CN1. The Morgan fingerprint density at radius 1 is 1.42 bits per heavy atom. The predicted octanol–water partition coefficient (Wildman–Crippen LogP) is 0.809. The third kappa shape index (κ3) is 3.73. The van der Waals surface area contributed by atoms with Gasteiger partial charge in [-0.2, -0.15) is 4.80 Å². The van der Waals surface area contributed by atoms with Crippen molar-refractivity contribution in [2.45, 2.75) is 52.2 Å². The average Bonchev–Trinajstić information content (AvgIpc) is 2.69. The molecular weight excluding hydrogens is 240 g/mol. The maximum absolute atomic E-state index is 4.29. The van der Waals surface area contributed by atoms with Crippen LogP contribution in [0.1, 0.15) is 39.9 Å². The van der Waals surface area contributed by atoms with E-state index in [2.05, 4.69) is 53.3 Å². The van der Waals surface area contributed by atoms with Gasteiger partial charge in [0.1, 0.15) is 0 Å². The van der Waals surface area contributed by atoms with E-state index in [1.807, 2.05) is 0 Å². The molecule has 0 amide bonds. The summed E-state index contributed by atoms with van der Waals surface area (Å²) in [7, 11) is 1.81. The summed E-state index contributed by atoms with van der Waals surface area (Å²) in [5.41, 5.74) is 0.132. The summed E-state index contributed by atoms with van der Waals surface area (Å²) in [5, 5.41) is 16.0. The summed E-state index contributed by atoms with van der Waals surface area (Å²) in [6, 6.07) is 0.560. The number of aromatic nitrogens is 4. The topological polar surface area (TPSA) is 58.9 Å². The Labute approximate surface area is 115 Å². The smallest absolute Gasteiger partial charge is 0.188 e. The molecule has 0 aromatic carbocycles. The Morgan fingerprint density at radius 3 is 2.74 bits per heavy atom. The van der Waals surface area contributed by atoms with Crippen molar-refractivity contribution in [2.24, 2.45) is 13.0 Å². The van der Waals surface area contributed by atoms with E-state index >= 15 is 0 Å². The molecule has 1 fully saturated rings. The number of aryl methyl sites for hydroxylation is 1. The van der Waals surface area contributed by atoms with Gasteiger partial charge in [-0.25, -0.2) is 0 Å². The molecule has 108 valence electrons. The van der Waals surface area contributed by atoms with E-state index in [9.17, 15) is 0 Å². The number of nitrogens with one attached hydrogen (secondary N) is 1. The van der Waals surface area contributed by atoms with Gasteiger partial charge in [-0.05, 0) is 31.4 Å². The fraction of sp³-hybridized carbons (Fsp3) is 0.923. The number of rotatable bonds is 4. The highest BCUT2D eigenvalue weighted by atomic mass is 15.6. The van der Waals surface area contributed by atoms with Gasteiger partial charge >= 0.3 is 0 Å². The first-order valence-corrected chi connectivity index (χ1v) is 7.08. The molecule has 1 saturated heterocycles. The number of piperazine rings is 1. The normalized spacial score (nSPS) is 24.0. The van der Waals surface area contributed by atoms with E-state index in [-0.39, 0.29) is 5.54 Å². The molecule has 0 saturated carbocycles. The van der Waals surface area contributed by atoms with Crippen LogP contribution in [-0.2, 0) is 13.6 Å². The van der Waals surface area contributed by atoms with E-state index in [1.165, 1.54) is 11.2 Å². The Bertz CT molecular complexity index is 411. The fourth-order valence-corrected chi connectivity index (χ4v) is 2.65. The van der Waals surface area contributed by atoms with E-state index in [0.717, 1.165) is 31.4 Å². The molecule has 1 aliphatic heterocycles. The highest BCUT2D eigenvalue weighted by Gasteiger charge is 2.34. The highest BCUT2D eigenvalue weighted by molar-refractivity contribution is 4.95. The Kier molecular flexibility index (Phi) is 4.20. The molecule has 0 spiro atoms. The van der Waals surface area contributed by atoms with Gasteiger partial charge in [0.15, 0.2) is 5.82 Å². The molecule has 19 heavy (non-hydrogen) atoms. The Morgan fingerprint density at radius 2 is 2.16 bits per heavy atom. The molecule has 0 bridgehead atoms. The van der Waals surface area contributed by atoms with Crippen molar-refractivity contribution in [1.29, 1.82) is 0 Å². The number of tetrazole rings is 1. The third-order valence-electron chi connectivity index (χ3n) is 3.76. The van der Waals surface area contributed by atoms with Gasteiger partial charge in [-0.1, -0.05) is 13.8 Å². The molecule has 1 aliphatic rings. The van der Waals surface area contributed by atoms with Crippen LogP contribution in [-0.4, -0.2) is 49.8 Å². The lowest BCUT2D eigenvalue weighted by Gasteiger charge is -2.46. The maximum atomic E-state index is 4.29. The molecule has 0 aliphatic carbocycles. The van der Waals surface area contributed by atoms with Gasteiger partial charge in [0.25, 0.3) is 0 Å². The van der Waals surface area contributed by atoms with Crippen LogP contribution in [0.5, 0.6) is 0 Å². The molecule has 6 heteroatoms. The second-order valence-electron chi connectivity index (χ2n) is 6.60. The fourth-order valence-electron chi connectivity index (χ4n) is 2.65. The molecule has 6 nitrogen and oxygen atoms in total. The van der Waals surface area contributed by atoms with Gasteiger partial charge in [0, 0.05) is 24.7 Å². The van der Waals surface area contributed by atoms with Crippen molar-refractivity contribution in [3.63, 3.8) is 0 Å². The minimum Gasteiger partial charge on any atom is -0.311 e. The quantitative estimate of drug-likeness (QED) is 0.874. The highest BCUT2D eigenvalue weighted by Crippen LogP contribution is 2.22. The minimum absolute atomic E-state index is 0.132. The van der Waals surface area contributed by atoms with Crippen LogP contribution >= 0.6 is 0 Å². The summed E-state index contributed by atoms with van der Waals surface area (Å²) in [6.07, 6.45) is 1.21. The lowest BCUT2D eigenvalue weighted by molar-refractivity contribution is 0.0511. The number of nitrogens with zero attached hydrogens (tertiary/aromatic N) is 5. The van der Waals surface area contributed by atoms with Crippen LogP contribution in [0.25, 0.3) is 0 Å². The largest absolute Gasteiger partial charge is 0.311 e. The summed E-state index contributed by atoms with van der Waals surface area (Å²) in [4.78, 5) is 3.99. The molecule has 2 rings (SSSR count). The zero-order chi connectivity index (χ0) is 14.0. The molecule has 1 atom stereocenters. The van der Waals surface area contributed by atoms with E-state index in [4.69, 9.17) is 0 Å². The van der Waals surface area contributed by atoms with Gasteiger partial charge in [-0.15, -0.1) is 10.2 Å². The van der Waals surface area contributed by atoms with Crippen molar-refractivity contribution in [2.75, 3.05) is 13.1 Å². The van der Waals surface area contributed by atoms with Crippen LogP contribution in [0.4, 0.5) is 0 Å². The van der Waals surface area contributed by atoms with E-state index in [1.54, 1.807) is 7.05 Å². The average molecular weight is 266 g/mol. The number of hydrogen-bond acceptors (Lipinski definition) is 5. The first kappa shape index (κ1) is 14.4. The Hall–Kier alpha value is -1.01. The summed E-state index contributed by atoms with van der Waals surface area (Å²) >= 11 is 0. The van der Waals surface area contributed by atoms with Crippen molar-refractivity contribution < 1.29 is 0 Å². The monoisotopic (exact) mass is 266 g/mol. The molecule has 1 unspecified atom stereocenters. The predicted molar refractivity (Wildman–Crippen MR) is 74.5 cm³/mol. The lowest BCUT2D eigenvalue weighted by atomic mass is 9.93. The Balaban J connectivity index is 2.02. The number of hydrogen-bond donors (Lipinski definition) is 1. The van der Waals surface area contributed by atoms with Crippen molar-refractivity contribution >= 4 is 0 Å². The first-order chi connectivity index (χ1) is 8.87. The van der Waals surface area contributed by atoms with Crippen LogP contribution in [0.2, 0.25) is 0 Å². The standard InChI is InChI=1S/C13H26N6/c1-10(2)6-11-7-19(13(3,4)9-14-11)8-12-15-17-18(5)16-12/h10-11,14H,6-9H2,1-5H3. The maximum Gasteiger partial charge on any atom is 0.188 e. The zero-order valence-electron chi connectivity index (χ0n) is 12.7. The molecule has 1 aromatic heterocycles. The lowest BCUT2D eigenvalue weighted by Crippen LogP contribution is -2.61. The van der Waals surface area contributed by atoms with Crippen LogP contribution in [0, 0.1) is 5.92 Å². The minimum atomic E-state index is 0.132. The molecule has 2 heterocycles.